The number of aryl methyl sites for hydroxylation is 3. The first-order chi connectivity index (χ1) is 9.65. The molecule has 0 saturated carbocycles. The van der Waals surface area contributed by atoms with Crippen molar-refractivity contribution < 1.29 is 0 Å². The van der Waals surface area contributed by atoms with Crippen LogP contribution in [0.1, 0.15) is 42.5 Å². The summed E-state index contributed by atoms with van der Waals surface area (Å²) in [7, 11) is 2.00. The highest BCUT2D eigenvalue weighted by atomic mass is 15.3. The summed E-state index contributed by atoms with van der Waals surface area (Å²) in [4.78, 5) is 4.61. The number of hydrogen-bond donors (Lipinski definition) is 1. The van der Waals surface area contributed by atoms with Gasteiger partial charge in [0, 0.05) is 25.4 Å². The Balaban J connectivity index is 2.29. The highest BCUT2D eigenvalue weighted by molar-refractivity contribution is 5.25. The summed E-state index contributed by atoms with van der Waals surface area (Å²) < 4.78 is 1.97. The van der Waals surface area contributed by atoms with Crippen LogP contribution in [0.5, 0.6) is 0 Å². The highest BCUT2D eigenvalue weighted by Gasteiger charge is 2.17. The van der Waals surface area contributed by atoms with Crippen molar-refractivity contribution in [2.75, 3.05) is 6.54 Å². The zero-order chi connectivity index (χ0) is 14.5. The van der Waals surface area contributed by atoms with Gasteiger partial charge in [-0.25, -0.2) is 0 Å². The van der Waals surface area contributed by atoms with Crippen LogP contribution in [0.25, 0.3) is 0 Å². The second kappa shape index (κ2) is 6.66. The topological polar surface area (TPSA) is 42.7 Å². The van der Waals surface area contributed by atoms with E-state index in [2.05, 4.69) is 41.4 Å². The van der Waals surface area contributed by atoms with Gasteiger partial charge in [-0.15, -0.1) is 0 Å². The molecule has 0 aliphatic carbocycles. The van der Waals surface area contributed by atoms with E-state index in [1.165, 1.54) is 11.3 Å². The standard InChI is InChI=1S/C16H24N4/c1-5-13-8-7-9-18-16(13)15(17-6-2)11-14-10-12(3)19-20(14)4/h7-10,15,17H,5-6,11H2,1-4H3. The van der Waals surface area contributed by atoms with E-state index in [0.29, 0.717) is 0 Å². The Labute approximate surface area is 121 Å². The van der Waals surface area contributed by atoms with Crippen LogP contribution in [0.15, 0.2) is 24.4 Å². The molecule has 0 radical (unpaired) electrons. The molecule has 2 rings (SSSR count). The van der Waals surface area contributed by atoms with E-state index >= 15 is 0 Å². The summed E-state index contributed by atoms with van der Waals surface area (Å²) in [6.45, 7) is 7.28. The second-order valence-electron chi connectivity index (χ2n) is 5.12. The molecule has 1 atom stereocenters. The third kappa shape index (κ3) is 3.25. The molecule has 4 nitrogen and oxygen atoms in total. The van der Waals surface area contributed by atoms with Crippen LogP contribution in [0.3, 0.4) is 0 Å². The van der Waals surface area contributed by atoms with Crippen molar-refractivity contribution in [2.24, 2.45) is 7.05 Å². The number of nitrogens with zero attached hydrogens (tertiary/aromatic N) is 3. The van der Waals surface area contributed by atoms with Crippen molar-refractivity contribution >= 4 is 0 Å². The molecule has 1 unspecified atom stereocenters. The van der Waals surface area contributed by atoms with Crippen LogP contribution in [0.4, 0.5) is 0 Å². The van der Waals surface area contributed by atoms with Crippen LogP contribution in [0, 0.1) is 6.92 Å². The van der Waals surface area contributed by atoms with Crippen molar-refractivity contribution in [1.82, 2.24) is 20.1 Å². The summed E-state index contributed by atoms with van der Waals surface area (Å²) in [5, 5.41) is 7.98. The van der Waals surface area contributed by atoms with E-state index in [-0.39, 0.29) is 6.04 Å². The second-order valence-corrected chi connectivity index (χ2v) is 5.12. The van der Waals surface area contributed by atoms with Crippen LogP contribution < -0.4 is 5.32 Å². The number of hydrogen-bond acceptors (Lipinski definition) is 3. The van der Waals surface area contributed by atoms with Gasteiger partial charge in [-0.3, -0.25) is 9.67 Å². The van der Waals surface area contributed by atoms with Crippen molar-refractivity contribution in [3.05, 3.63) is 47.0 Å². The van der Waals surface area contributed by atoms with E-state index < -0.39 is 0 Å². The van der Waals surface area contributed by atoms with Crippen molar-refractivity contribution in [3.63, 3.8) is 0 Å². The molecule has 0 saturated heterocycles. The Bertz CT molecular complexity index is 559. The number of aromatic nitrogens is 3. The molecule has 1 N–H and O–H groups in total. The van der Waals surface area contributed by atoms with Gasteiger partial charge in [0.1, 0.15) is 0 Å². The molecule has 20 heavy (non-hydrogen) atoms. The first kappa shape index (κ1) is 14.7. The van der Waals surface area contributed by atoms with Gasteiger partial charge in [-0.2, -0.15) is 5.10 Å². The van der Waals surface area contributed by atoms with Crippen molar-refractivity contribution in [1.29, 1.82) is 0 Å². The molecule has 108 valence electrons. The average Bonchev–Trinajstić information content (AvgIpc) is 2.76. The van der Waals surface area contributed by atoms with Gasteiger partial charge in [0.2, 0.25) is 0 Å². The number of rotatable bonds is 6. The summed E-state index contributed by atoms with van der Waals surface area (Å²) in [6, 6.07) is 6.57. The monoisotopic (exact) mass is 272 g/mol. The van der Waals surface area contributed by atoms with E-state index in [0.717, 1.165) is 30.8 Å². The Morgan fingerprint density at radius 3 is 2.75 bits per heavy atom. The van der Waals surface area contributed by atoms with Crippen LogP contribution in [-0.2, 0) is 19.9 Å². The molecule has 0 aliphatic heterocycles. The Kier molecular flexibility index (Phi) is 4.90. The quantitative estimate of drug-likeness (QED) is 0.879. The van der Waals surface area contributed by atoms with Gasteiger partial charge in [-0.1, -0.05) is 19.9 Å². The Morgan fingerprint density at radius 1 is 1.35 bits per heavy atom. The predicted molar refractivity (Wildman–Crippen MR) is 81.7 cm³/mol. The molecular weight excluding hydrogens is 248 g/mol. The minimum absolute atomic E-state index is 0.242. The molecule has 2 aromatic rings. The predicted octanol–water partition coefficient (Wildman–Crippen LogP) is 2.58. The lowest BCUT2D eigenvalue weighted by molar-refractivity contribution is 0.513. The van der Waals surface area contributed by atoms with Gasteiger partial charge in [0.25, 0.3) is 0 Å². The molecule has 0 amide bonds. The molecule has 0 fully saturated rings. The Morgan fingerprint density at radius 2 is 2.15 bits per heavy atom. The summed E-state index contributed by atoms with van der Waals surface area (Å²) in [5.41, 5.74) is 4.78. The fraction of sp³-hybridized carbons (Fsp3) is 0.500. The number of nitrogens with one attached hydrogen (secondary N) is 1. The lowest BCUT2D eigenvalue weighted by Crippen LogP contribution is -2.26. The number of likely N-dealkylation sites (N-methyl/N-ethyl adjacent to an activating group) is 1. The number of pyridine rings is 1. The highest BCUT2D eigenvalue weighted by Crippen LogP contribution is 2.20. The van der Waals surface area contributed by atoms with Crippen LogP contribution in [-0.4, -0.2) is 21.3 Å². The van der Waals surface area contributed by atoms with Gasteiger partial charge in [0.05, 0.1) is 17.4 Å². The maximum Gasteiger partial charge on any atom is 0.0608 e. The zero-order valence-electron chi connectivity index (χ0n) is 12.8. The smallest absolute Gasteiger partial charge is 0.0608 e. The molecule has 0 aromatic carbocycles. The van der Waals surface area contributed by atoms with Gasteiger partial charge in [-0.05, 0) is 37.6 Å². The molecule has 4 heteroatoms. The summed E-state index contributed by atoms with van der Waals surface area (Å²) >= 11 is 0. The fourth-order valence-electron chi connectivity index (χ4n) is 2.64. The van der Waals surface area contributed by atoms with E-state index in [1.807, 2.05) is 30.9 Å². The minimum atomic E-state index is 0.242. The van der Waals surface area contributed by atoms with Gasteiger partial charge >= 0.3 is 0 Å². The summed E-state index contributed by atoms with van der Waals surface area (Å²) in [6.07, 6.45) is 3.80. The largest absolute Gasteiger partial charge is 0.309 e. The van der Waals surface area contributed by atoms with Crippen LogP contribution in [0.2, 0.25) is 0 Å². The molecule has 0 spiro atoms. The minimum Gasteiger partial charge on any atom is -0.309 e. The molecule has 0 aliphatic rings. The first-order valence-electron chi connectivity index (χ1n) is 7.32. The van der Waals surface area contributed by atoms with Crippen LogP contribution >= 0.6 is 0 Å². The third-order valence-corrected chi connectivity index (χ3v) is 3.60. The van der Waals surface area contributed by atoms with E-state index in [4.69, 9.17) is 0 Å². The van der Waals surface area contributed by atoms with E-state index in [1.54, 1.807) is 0 Å². The Hall–Kier alpha value is -1.68. The summed E-state index contributed by atoms with van der Waals surface area (Å²) in [5.74, 6) is 0. The van der Waals surface area contributed by atoms with Gasteiger partial charge in [0.15, 0.2) is 0 Å². The van der Waals surface area contributed by atoms with Crippen molar-refractivity contribution in [3.8, 4) is 0 Å². The van der Waals surface area contributed by atoms with Gasteiger partial charge < -0.3 is 5.32 Å². The van der Waals surface area contributed by atoms with Crippen molar-refractivity contribution in [2.45, 2.75) is 39.7 Å². The molecule has 2 aromatic heterocycles. The maximum atomic E-state index is 4.61. The molecule has 2 heterocycles. The normalized spacial score (nSPS) is 12.6. The average molecular weight is 272 g/mol. The maximum absolute atomic E-state index is 4.61. The fourth-order valence-corrected chi connectivity index (χ4v) is 2.64. The lowest BCUT2D eigenvalue weighted by atomic mass is 10.0. The first-order valence-corrected chi connectivity index (χ1v) is 7.32. The lowest BCUT2D eigenvalue weighted by Gasteiger charge is -2.20. The van der Waals surface area contributed by atoms with E-state index in [9.17, 15) is 0 Å². The molecular formula is C16H24N4. The molecule has 0 bridgehead atoms. The third-order valence-electron chi connectivity index (χ3n) is 3.60. The SMILES string of the molecule is CCNC(Cc1cc(C)nn1C)c1ncccc1CC. The zero-order valence-corrected chi connectivity index (χ0v) is 12.8.